The third kappa shape index (κ3) is 7.08. The Morgan fingerprint density at radius 1 is 1.07 bits per heavy atom. The Labute approximate surface area is 237 Å². The molecule has 1 aromatic carbocycles. The van der Waals surface area contributed by atoms with Crippen LogP contribution in [0.5, 0.6) is 0 Å². The van der Waals surface area contributed by atoms with E-state index in [4.69, 9.17) is 0 Å². The van der Waals surface area contributed by atoms with Crippen LogP contribution in [0, 0.1) is 17.3 Å². The van der Waals surface area contributed by atoms with E-state index in [1.807, 2.05) is 44.2 Å². The van der Waals surface area contributed by atoms with E-state index in [-0.39, 0.29) is 23.4 Å². The first-order chi connectivity index (χ1) is 19.1. The van der Waals surface area contributed by atoms with Crippen LogP contribution in [0.15, 0.2) is 65.8 Å². The van der Waals surface area contributed by atoms with Gasteiger partial charge < -0.3 is 15.3 Å². The zero-order chi connectivity index (χ0) is 30.1. The number of carbonyl (C=O) groups is 1. The van der Waals surface area contributed by atoms with E-state index in [2.05, 4.69) is 10.2 Å². The van der Waals surface area contributed by atoms with Crippen molar-refractivity contribution in [3.8, 4) is 0 Å². The molecule has 4 unspecified atom stereocenters. The Morgan fingerprint density at radius 2 is 1.78 bits per heavy atom. The van der Waals surface area contributed by atoms with Crippen LogP contribution in [-0.4, -0.2) is 53.9 Å². The molecular formula is C31H38F6N2O2. The summed E-state index contributed by atoms with van der Waals surface area (Å²) >= 11 is 0. The normalized spacial score (nSPS) is 30.0. The first-order valence-corrected chi connectivity index (χ1v) is 14.2. The molecule has 2 fully saturated rings. The Bertz CT molecular complexity index is 1170. The molecule has 1 aliphatic heterocycles. The molecule has 3 aliphatic rings. The number of rotatable bonds is 6. The molecule has 2 aliphatic carbocycles. The molecule has 2 N–H and O–H groups in total. The Balaban J connectivity index is 1.45. The van der Waals surface area contributed by atoms with Crippen molar-refractivity contribution in [2.45, 2.75) is 76.4 Å². The average molecular weight is 585 g/mol. The molecule has 10 heteroatoms. The van der Waals surface area contributed by atoms with Gasteiger partial charge in [-0.2, -0.15) is 26.3 Å². The van der Waals surface area contributed by atoms with Crippen LogP contribution in [-0.2, 0) is 10.4 Å². The highest BCUT2D eigenvalue weighted by atomic mass is 19.4. The predicted molar refractivity (Wildman–Crippen MR) is 145 cm³/mol. The summed E-state index contributed by atoms with van der Waals surface area (Å²) in [5, 5.41) is 14.1. The monoisotopic (exact) mass is 584 g/mol. The fourth-order valence-electron chi connectivity index (χ4n) is 6.53. The van der Waals surface area contributed by atoms with E-state index in [0.717, 1.165) is 31.0 Å². The number of amides is 1. The predicted octanol–water partition coefficient (Wildman–Crippen LogP) is 6.83. The molecule has 1 amide bonds. The van der Waals surface area contributed by atoms with Gasteiger partial charge in [0.25, 0.3) is 0 Å². The number of halogens is 6. The molecule has 1 saturated heterocycles. The van der Waals surface area contributed by atoms with Crippen LogP contribution in [0.3, 0.4) is 0 Å². The first-order valence-electron chi connectivity index (χ1n) is 14.2. The maximum absolute atomic E-state index is 13.6. The van der Waals surface area contributed by atoms with Crippen molar-refractivity contribution >= 4 is 5.91 Å². The molecule has 1 saturated carbocycles. The van der Waals surface area contributed by atoms with E-state index < -0.39 is 41.4 Å². The Morgan fingerprint density at radius 3 is 2.41 bits per heavy atom. The minimum Gasteiger partial charge on any atom is -0.385 e. The lowest BCUT2D eigenvalue weighted by Gasteiger charge is -2.34. The van der Waals surface area contributed by atoms with Crippen LogP contribution in [0.25, 0.3) is 0 Å². The van der Waals surface area contributed by atoms with E-state index in [9.17, 15) is 36.2 Å². The molecule has 0 aromatic heterocycles. The van der Waals surface area contributed by atoms with Crippen LogP contribution >= 0.6 is 0 Å². The fourth-order valence-corrected chi connectivity index (χ4v) is 6.53. The van der Waals surface area contributed by atoms with Gasteiger partial charge in [0.2, 0.25) is 5.91 Å². The lowest BCUT2D eigenvalue weighted by atomic mass is 9.74. The quantitative estimate of drug-likeness (QED) is 0.361. The smallest absolute Gasteiger partial charge is 0.385 e. The number of hydrogen-bond donors (Lipinski definition) is 2. The summed E-state index contributed by atoms with van der Waals surface area (Å²) in [7, 11) is 0. The second kappa shape index (κ2) is 12.0. The highest BCUT2D eigenvalue weighted by Gasteiger charge is 2.49. The number of carbonyl (C=O) groups excluding carboxylic acids is 1. The van der Waals surface area contributed by atoms with Gasteiger partial charge >= 0.3 is 12.4 Å². The van der Waals surface area contributed by atoms with Gasteiger partial charge in [-0.25, -0.2) is 0 Å². The Hall–Kier alpha value is -2.59. The maximum Gasteiger partial charge on any atom is 0.416 e. The number of hydrogen-bond acceptors (Lipinski definition) is 3. The van der Waals surface area contributed by atoms with Crippen LogP contribution in [0.2, 0.25) is 0 Å². The van der Waals surface area contributed by atoms with E-state index >= 15 is 0 Å². The highest BCUT2D eigenvalue weighted by Crippen LogP contribution is 2.47. The zero-order valence-corrected chi connectivity index (χ0v) is 23.4. The zero-order valence-electron chi connectivity index (χ0n) is 23.4. The number of benzene rings is 1. The van der Waals surface area contributed by atoms with Gasteiger partial charge in [0.05, 0.1) is 22.5 Å². The summed E-state index contributed by atoms with van der Waals surface area (Å²) in [4.78, 5) is 15.9. The van der Waals surface area contributed by atoms with Crippen LogP contribution in [0.4, 0.5) is 26.3 Å². The summed E-state index contributed by atoms with van der Waals surface area (Å²) in [6.45, 7) is 4.86. The Kier molecular flexibility index (Phi) is 9.14. The standard InChI is InChI=1S/C31H38F6N2O2/c1-21(2)28(27(40)38-20-22-17-24(30(32,33)34)9-10-25(18-22)31(35,36)37)13-11-26(19-28)39-15-6-12-29(41,14-16-39)23-7-4-3-5-8-23/h3-5,7-10,17-18,21,24,26,41H,6,11-16,19-20H2,1-2H3,(H,38,40). The first kappa shape index (κ1) is 31.3. The van der Waals surface area contributed by atoms with Gasteiger partial charge in [-0.05, 0) is 68.2 Å². The van der Waals surface area contributed by atoms with E-state index in [1.165, 1.54) is 0 Å². The SMILES string of the molecule is CC(C)C1(C(=O)NCC2=CC(C(F)(F)F)C=CC(C(F)(F)F)=C2)CCC(N2CCCC(O)(c3ccccc3)CC2)C1. The molecule has 1 heterocycles. The minimum atomic E-state index is -4.82. The third-order valence-electron chi connectivity index (χ3n) is 9.13. The molecular weight excluding hydrogens is 546 g/mol. The second-order valence-corrected chi connectivity index (χ2v) is 11.9. The number of alkyl halides is 6. The van der Waals surface area contributed by atoms with Gasteiger partial charge in [0.15, 0.2) is 0 Å². The van der Waals surface area contributed by atoms with Gasteiger partial charge in [0.1, 0.15) is 0 Å². The van der Waals surface area contributed by atoms with E-state index in [1.54, 1.807) is 0 Å². The van der Waals surface area contributed by atoms with Crippen LogP contribution in [0.1, 0.15) is 57.9 Å². The fraction of sp³-hybridized carbons (Fsp3) is 0.581. The van der Waals surface area contributed by atoms with Crippen molar-refractivity contribution in [3.05, 3.63) is 71.3 Å². The van der Waals surface area contributed by atoms with Crippen molar-refractivity contribution in [3.63, 3.8) is 0 Å². The molecule has 0 spiro atoms. The summed E-state index contributed by atoms with van der Waals surface area (Å²) < 4.78 is 80.4. The number of nitrogens with zero attached hydrogens (tertiary/aromatic N) is 1. The minimum absolute atomic E-state index is 0.0882. The lowest BCUT2D eigenvalue weighted by molar-refractivity contribution is -0.149. The van der Waals surface area contributed by atoms with Crippen molar-refractivity contribution in [2.24, 2.45) is 17.3 Å². The van der Waals surface area contributed by atoms with Crippen molar-refractivity contribution in [1.82, 2.24) is 10.2 Å². The maximum atomic E-state index is 13.6. The van der Waals surface area contributed by atoms with Gasteiger partial charge in [-0.15, -0.1) is 0 Å². The molecule has 0 radical (unpaired) electrons. The summed E-state index contributed by atoms with van der Waals surface area (Å²) in [5.41, 5.74) is -2.25. The largest absolute Gasteiger partial charge is 0.416 e. The van der Waals surface area contributed by atoms with E-state index in [0.29, 0.717) is 50.5 Å². The van der Waals surface area contributed by atoms with Crippen molar-refractivity contribution in [2.75, 3.05) is 19.6 Å². The summed E-state index contributed by atoms with van der Waals surface area (Å²) in [6.07, 6.45) is -3.40. The summed E-state index contributed by atoms with van der Waals surface area (Å²) in [5.74, 6) is -2.62. The molecule has 1 aromatic rings. The molecule has 226 valence electrons. The average Bonchev–Trinajstić information content (AvgIpc) is 3.09. The number of allylic oxidation sites excluding steroid dienone is 4. The third-order valence-corrected chi connectivity index (χ3v) is 9.13. The number of nitrogens with one attached hydrogen (secondary N) is 1. The molecule has 41 heavy (non-hydrogen) atoms. The molecule has 4 atom stereocenters. The van der Waals surface area contributed by atoms with Gasteiger partial charge in [-0.3, -0.25) is 4.79 Å². The number of aliphatic hydroxyl groups is 1. The molecule has 4 nitrogen and oxygen atoms in total. The second-order valence-electron chi connectivity index (χ2n) is 11.9. The molecule has 0 bridgehead atoms. The van der Waals surface area contributed by atoms with Crippen molar-refractivity contribution in [1.29, 1.82) is 0 Å². The van der Waals surface area contributed by atoms with Gasteiger partial charge in [0, 0.05) is 19.1 Å². The van der Waals surface area contributed by atoms with Gasteiger partial charge in [-0.1, -0.05) is 62.4 Å². The molecule has 4 rings (SSSR count). The highest BCUT2D eigenvalue weighted by molar-refractivity contribution is 5.83. The number of likely N-dealkylation sites (tertiary alicyclic amines) is 1. The topological polar surface area (TPSA) is 52.6 Å². The summed E-state index contributed by atoms with van der Waals surface area (Å²) in [6, 6.07) is 9.69. The van der Waals surface area contributed by atoms with Crippen molar-refractivity contribution < 1.29 is 36.2 Å². The van der Waals surface area contributed by atoms with Crippen LogP contribution < -0.4 is 5.32 Å². The lowest BCUT2D eigenvalue weighted by Crippen LogP contribution is -2.45.